The Balaban J connectivity index is 2.13. The lowest BCUT2D eigenvalue weighted by molar-refractivity contribution is 0.409. The molecule has 0 aliphatic rings. The molecule has 1 N–H and O–H groups in total. The van der Waals surface area contributed by atoms with Crippen LogP contribution in [0, 0.1) is 0 Å². The van der Waals surface area contributed by atoms with Crippen molar-refractivity contribution < 1.29 is 13.2 Å². The lowest BCUT2D eigenvalue weighted by Gasteiger charge is -2.10. The summed E-state index contributed by atoms with van der Waals surface area (Å²) in [5, 5.41) is 0. The summed E-state index contributed by atoms with van der Waals surface area (Å²) in [6.07, 6.45) is 1.95. The molecule has 0 aromatic heterocycles. The van der Waals surface area contributed by atoms with Gasteiger partial charge in [0.05, 0.1) is 12.0 Å². The third-order valence-corrected chi connectivity index (χ3v) is 5.18. The maximum absolute atomic E-state index is 12.2. The Bertz CT molecular complexity index is 697. The average Bonchev–Trinajstić information content (AvgIpc) is 2.53. The van der Waals surface area contributed by atoms with Crippen LogP contribution in [0.5, 0.6) is 5.75 Å². The van der Waals surface area contributed by atoms with Gasteiger partial charge in [-0.2, -0.15) is 0 Å². The first kappa shape index (κ1) is 15.9. The summed E-state index contributed by atoms with van der Waals surface area (Å²) in [6, 6.07) is 14.1. The SMILES string of the molecule is COc1ccccc1CNS(=O)(=O)c1ccc(SC)cc1. The number of benzene rings is 2. The minimum atomic E-state index is -3.52. The molecule has 0 saturated heterocycles. The standard InChI is InChI=1S/C15H17NO3S2/c1-19-15-6-4-3-5-12(15)11-16-21(17,18)14-9-7-13(20-2)8-10-14/h3-10,16H,11H2,1-2H3. The second-order valence-corrected chi connectivity index (χ2v) is 6.96. The number of thioether (sulfide) groups is 1. The summed E-state index contributed by atoms with van der Waals surface area (Å²) in [7, 11) is -1.96. The van der Waals surface area contributed by atoms with E-state index in [-0.39, 0.29) is 11.4 Å². The van der Waals surface area contributed by atoms with Crippen molar-refractivity contribution in [2.45, 2.75) is 16.3 Å². The third-order valence-electron chi connectivity index (χ3n) is 3.01. The molecule has 2 rings (SSSR count). The fourth-order valence-electron chi connectivity index (χ4n) is 1.86. The summed E-state index contributed by atoms with van der Waals surface area (Å²) in [5.74, 6) is 0.665. The summed E-state index contributed by atoms with van der Waals surface area (Å²) in [5.41, 5.74) is 0.796. The third kappa shape index (κ3) is 4.00. The highest BCUT2D eigenvalue weighted by atomic mass is 32.2. The van der Waals surface area contributed by atoms with Crippen LogP contribution in [0.3, 0.4) is 0 Å². The number of nitrogens with one attached hydrogen (secondary N) is 1. The van der Waals surface area contributed by atoms with Crippen molar-refractivity contribution in [2.24, 2.45) is 0 Å². The van der Waals surface area contributed by atoms with E-state index in [4.69, 9.17) is 4.74 Å². The largest absolute Gasteiger partial charge is 0.496 e. The average molecular weight is 323 g/mol. The van der Waals surface area contributed by atoms with Crippen LogP contribution in [0.25, 0.3) is 0 Å². The zero-order chi connectivity index (χ0) is 15.3. The molecule has 0 aliphatic heterocycles. The second kappa shape index (κ2) is 6.98. The van der Waals surface area contributed by atoms with Gasteiger partial charge in [0.1, 0.15) is 5.75 Å². The number of hydrogen-bond donors (Lipinski definition) is 1. The minimum absolute atomic E-state index is 0.191. The lowest BCUT2D eigenvalue weighted by Crippen LogP contribution is -2.23. The van der Waals surface area contributed by atoms with Gasteiger partial charge >= 0.3 is 0 Å². The van der Waals surface area contributed by atoms with Gasteiger partial charge < -0.3 is 4.74 Å². The molecule has 0 aliphatic carbocycles. The number of methoxy groups -OCH3 is 1. The predicted molar refractivity (Wildman–Crippen MR) is 85.2 cm³/mol. The molecule has 4 nitrogen and oxygen atoms in total. The fraction of sp³-hybridized carbons (Fsp3) is 0.200. The molecule has 2 aromatic carbocycles. The van der Waals surface area contributed by atoms with Crippen molar-refractivity contribution in [1.82, 2.24) is 4.72 Å². The quantitative estimate of drug-likeness (QED) is 0.831. The highest BCUT2D eigenvalue weighted by Gasteiger charge is 2.14. The number of para-hydroxylation sites is 1. The summed E-state index contributed by atoms with van der Waals surface area (Å²) >= 11 is 1.57. The van der Waals surface area contributed by atoms with Crippen molar-refractivity contribution in [3.63, 3.8) is 0 Å². The van der Waals surface area contributed by atoms with Crippen LogP contribution < -0.4 is 9.46 Å². The molecule has 0 saturated carbocycles. The molecule has 0 heterocycles. The van der Waals surface area contributed by atoms with Gasteiger partial charge in [0, 0.05) is 17.0 Å². The van der Waals surface area contributed by atoms with E-state index in [1.807, 2.05) is 24.5 Å². The monoisotopic (exact) mass is 323 g/mol. The fourth-order valence-corrected chi connectivity index (χ4v) is 3.27. The summed E-state index contributed by atoms with van der Waals surface area (Å²) < 4.78 is 32.3. The smallest absolute Gasteiger partial charge is 0.240 e. The predicted octanol–water partition coefficient (Wildman–Crippen LogP) is 2.90. The molecule has 0 fully saturated rings. The zero-order valence-corrected chi connectivity index (χ0v) is 13.5. The Labute approximate surface area is 129 Å². The van der Waals surface area contributed by atoms with Gasteiger partial charge in [-0.25, -0.2) is 13.1 Å². The first-order valence-electron chi connectivity index (χ1n) is 6.32. The molecule has 0 unspecified atom stereocenters. The summed E-state index contributed by atoms with van der Waals surface area (Å²) in [6.45, 7) is 0.191. The molecule has 0 bridgehead atoms. The molecule has 2 aromatic rings. The van der Waals surface area contributed by atoms with E-state index < -0.39 is 10.0 Å². The highest BCUT2D eigenvalue weighted by Crippen LogP contribution is 2.20. The van der Waals surface area contributed by atoms with Crippen molar-refractivity contribution >= 4 is 21.8 Å². The normalized spacial score (nSPS) is 11.3. The Hall–Kier alpha value is -1.50. The maximum atomic E-state index is 12.2. The molecular formula is C15H17NO3S2. The topological polar surface area (TPSA) is 55.4 Å². The van der Waals surface area contributed by atoms with E-state index in [9.17, 15) is 8.42 Å². The minimum Gasteiger partial charge on any atom is -0.496 e. The maximum Gasteiger partial charge on any atom is 0.240 e. The van der Waals surface area contributed by atoms with Crippen LogP contribution in [0.2, 0.25) is 0 Å². The molecular weight excluding hydrogens is 306 g/mol. The van der Waals surface area contributed by atoms with Gasteiger partial charge in [-0.15, -0.1) is 11.8 Å². The molecule has 0 spiro atoms. The number of rotatable bonds is 6. The Morgan fingerprint density at radius 2 is 1.76 bits per heavy atom. The van der Waals surface area contributed by atoms with Gasteiger partial charge in [0.2, 0.25) is 10.0 Å². The van der Waals surface area contributed by atoms with E-state index in [1.165, 1.54) is 0 Å². The zero-order valence-electron chi connectivity index (χ0n) is 11.9. The van der Waals surface area contributed by atoms with Crippen molar-refractivity contribution in [2.75, 3.05) is 13.4 Å². The summed E-state index contributed by atoms with van der Waals surface area (Å²) in [4.78, 5) is 1.29. The van der Waals surface area contributed by atoms with Crippen LogP contribution >= 0.6 is 11.8 Å². The van der Waals surface area contributed by atoms with Crippen LogP contribution in [0.1, 0.15) is 5.56 Å². The van der Waals surface area contributed by atoms with E-state index in [2.05, 4.69) is 4.72 Å². The molecule has 0 atom stereocenters. The van der Waals surface area contributed by atoms with Crippen LogP contribution in [-0.2, 0) is 16.6 Å². The Morgan fingerprint density at radius 1 is 1.10 bits per heavy atom. The Morgan fingerprint density at radius 3 is 2.38 bits per heavy atom. The van der Waals surface area contributed by atoms with Gasteiger partial charge in [-0.05, 0) is 36.6 Å². The van der Waals surface area contributed by atoms with Gasteiger partial charge in [-0.3, -0.25) is 0 Å². The molecule has 0 radical (unpaired) electrons. The molecule has 0 amide bonds. The van der Waals surface area contributed by atoms with E-state index in [0.29, 0.717) is 5.75 Å². The molecule has 112 valence electrons. The van der Waals surface area contributed by atoms with Crippen molar-refractivity contribution in [3.05, 3.63) is 54.1 Å². The van der Waals surface area contributed by atoms with Gasteiger partial charge in [0.25, 0.3) is 0 Å². The van der Waals surface area contributed by atoms with Crippen molar-refractivity contribution in [3.8, 4) is 5.75 Å². The van der Waals surface area contributed by atoms with Crippen LogP contribution in [0.4, 0.5) is 0 Å². The molecule has 6 heteroatoms. The van der Waals surface area contributed by atoms with E-state index in [1.54, 1.807) is 49.2 Å². The van der Waals surface area contributed by atoms with E-state index >= 15 is 0 Å². The first-order valence-corrected chi connectivity index (χ1v) is 9.03. The van der Waals surface area contributed by atoms with Crippen molar-refractivity contribution in [1.29, 1.82) is 0 Å². The number of ether oxygens (including phenoxy) is 1. The second-order valence-electron chi connectivity index (χ2n) is 4.31. The number of hydrogen-bond acceptors (Lipinski definition) is 4. The molecule has 21 heavy (non-hydrogen) atoms. The first-order chi connectivity index (χ1) is 10.1. The van der Waals surface area contributed by atoms with Gasteiger partial charge in [0.15, 0.2) is 0 Å². The van der Waals surface area contributed by atoms with E-state index in [0.717, 1.165) is 10.5 Å². The highest BCUT2D eigenvalue weighted by molar-refractivity contribution is 7.98. The Kier molecular flexibility index (Phi) is 5.27. The lowest BCUT2D eigenvalue weighted by atomic mass is 10.2. The number of sulfonamides is 1. The van der Waals surface area contributed by atoms with Crippen LogP contribution in [0.15, 0.2) is 58.3 Å². The van der Waals surface area contributed by atoms with Gasteiger partial charge in [-0.1, -0.05) is 18.2 Å². The van der Waals surface area contributed by atoms with Crippen LogP contribution in [-0.4, -0.2) is 21.8 Å².